The monoisotopic (exact) mass is 292 g/mol. The number of aliphatic hydroxyl groups is 1. The first kappa shape index (κ1) is 14.9. The van der Waals surface area contributed by atoms with Crippen LogP contribution in [0.1, 0.15) is 25.1 Å². The minimum Gasteiger partial charge on any atom is -0.384 e. The van der Waals surface area contributed by atoms with E-state index in [1.807, 2.05) is 18.2 Å². The fourth-order valence-corrected chi connectivity index (χ4v) is 3.35. The molecule has 4 nitrogen and oxygen atoms in total. The van der Waals surface area contributed by atoms with E-state index < -0.39 is 5.60 Å². The Morgan fingerprint density at radius 3 is 2.95 bits per heavy atom. The lowest BCUT2D eigenvalue weighted by molar-refractivity contribution is -0.119. The summed E-state index contributed by atoms with van der Waals surface area (Å²) in [5.41, 5.74) is 0.600. The minimum atomic E-state index is -0.977. The van der Waals surface area contributed by atoms with E-state index >= 15 is 0 Å². The summed E-state index contributed by atoms with van der Waals surface area (Å²) in [4.78, 5) is 17.2. The van der Waals surface area contributed by atoms with Crippen LogP contribution in [0, 0.1) is 0 Å². The van der Waals surface area contributed by atoms with E-state index in [4.69, 9.17) is 0 Å². The maximum absolute atomic E-state index is 11.3. The molecule has 1 amide bonds. The maximum Gasteiger partial charge on any atom is 0.210 e. The number of amides is 1. The second-order valence-corrected chi connectivity index (χ2v) is 7.17. The zero-order chi connectivity index (χ0) is 14.8. The molecule has 2 heterocycles. The van der Waals surface area contributed by atoms with E-state index in [0.717, 1.165) is 17.7 Å². The van der Waals surface area contributed by atoms with Crippen LogP contribution in [-0.2, 0) is 16.9 Å². The first-order valence-electron chi connectivity index (χ1n) is 6.46. The predicted molar refractivity (Wildman–Crippen MR) is 83.6 cm³/mol. The van der Waals surface area contributed by atoms with Gasteiger partial charge in [-0.05, 0) is 37.0 Å². The Morgan fingerprint density at radius 2 is 2.40 bits per heavy atom. The molecule has 1 aromatic rings. The van der Waals surface area contributed by atoms with E-state index in [0.29, 0.717) is 12.2 Å². The molecule has 0 radical (unpaired) electrons. The largest absolute Gasteiger partial charge is 0.384 e. The van der Waals surface area contributed by atoms with Crippen LogP contribution in [0.15, 0.2) is 29.8 Å². The molecule has 0 fully saturated rings. The third kappa shape index (κ3) is 3.55. The molecule has 1 aromatic heterocycles. The molecular weight excluding hydrogens is 272 g/mol. The third-order valence-corrected chi connectivity index (χ3v) is 4.57. The van der Waals surface area contributed by atoms with Crippen molar-refractivity contribution in [3.05, 3.63) is 41.1 Å². The average molecular weight is 292 g/mol. The summed E-state index contributed by atoms with van der Waals surface area (Å²) >= 11 is 0. The van der Waals surface area contributed by atoms with Crippen molar-refractivity contribution >= 4 is 22.8 Å². The molecule has 0 bridgehead atoms. The van der Waals surface area contributed by atoms with Crippen molar-refractivity contribution in [3.63, 3.8) is 0 Å². The fourth-order valence-electron chi connectivity index (χ4n) is 2.09. The van der Waals surface area contributed by atoms with Gasteiger partial charge in [0.15, 0.2) is 0 Å². The number of hydrogen-bond donors (Lipinski definition) is 1. The van der Waals surface area contributed by atoms with E-state index in [1.54, 1.807) is 24.9 Å². The van der Waals surface area contributed by atoms with Crippen molar-refractivity contribution in [2.24, 2.45) is 0 Å². The van der Waals surface area contributed by atoms with Gasteiger partial charge in [-0.3, -0.25) is 9.78 Å². The third-order valence-electron chi connectivity index (χ3n) is 3.26. The molecule has 0 aliphatic carbocycles. The first-order chi connectivity index (χ1) is 9.40. The van der Waals surface area contributed by atoms with Crippen LogP contribution in [0.3, 0.4) is 0 Å². The molecule has 0 aromatic carbocycles. The number of pyridine rings is 1. The fraction of sp³-hybridized carbons (Fsp3) is 0.400. The predicted octanol–water partition coefficient (Wildman–Crippen LogP) is 1.86. The lowest BCUT2D eigenvalue weighted by atomic mass is 10.0. The molecule has 1 aliphatic rings. The normalized spacial score (nSPS) is 21.9. The van der Waals surface area contributed by atoms with Crippen LogP contribution < -0.4 is 0 Å². The summed E-state index contributed by atoms with van der Waals surface area (Å²) in [6.07, 6.45) is 4.59. The molecule has 2 atom stereocenters. The molecule has 1 aliphatic heterocycles. The van der Waals surface area contributed by atoms with Gasteiger partial charge in [0.05, 0.1) is 11.7 Å². The highest BCUT2D eigenvalue weighted by molar-refractivity contribution is 8.16. The zero-order valence-electron chi connectivity index (χ0n) is 11.8. The van der Waals surface area contributed by atoms with Gasteiger partial charge in [-0.15, -0.1) is 0 Å². The molecule has 108 valence electrons. The standard InChI is InChI=1S/C15H20N2O2S/c1-15(2,19)14-8-12(4-6-16-14)9-17(11-18)13-5-7-20(3)10-13/h4-8,11,13,19H,3,9-10H2,1-2H3. The zero-order valence-corrected chi connectivity index (χ0v) is 12.6. The molecule has 0 spiro atoms. The number of rotatable bonds is 5. The van der Waals surface area contributed by atoms with Crippen molar-refractivity contribution in [2.45, 2.75) is 32.0 Å². The van der Waals surface area contributed by atoms with Crippen LogP contribution in [0.2, 0.25) is 0 Å². The number of carbonyl (C=O) groups is 1. The SMILES string of the molecule is C=S1C=CC(N(C=O)Cc2ccnc(C(C)(C)O)c2)C1. The van der Waals surface area contributed by atoms with Gasteiger partial charge in [0.1, 0.15) is 5.60 Å². The van der Waals surface area contributed by atoms with Crippen LogP contribution in [0.4, 0.5) is 0 Å². The van der Waals surface area contributed by atoms with Gasteiger partial charge in [-0.25, -0.2) is 0 Å². The number of hydrogen-bond acceptors (Lipinski definition) is 3. The van der Waals surface area contributed by atoms with Gasteiger partial charge >= 0.3 is 0 Å². The van der Waals surface area contributed by atoms with Crippen molar-refractivity contribution in [2.75, 3.05) is 5.75 Å². The van der Waals surface area contributed by atoms with Crippen molar-refractivity contribution in [3.8, 4) is 0 Å². The van der Waals surface area contributed by atoms with Gasteiger partial charge in [0.2, 0.25) is 6.41 Å². The Bertz CT molecular complexity index is 549. The van der Waals surface area contributed by atoms with Crippen molar-refractivity contribution < 1.29 is 9.90 Å². The highest BCUT2D eigenvalue weighted by Gasteiger charge is 2.21. The number of nitrogens with zero attached hydrogens (tertiary/aromatic N) is 2. The first-order valence-corrected chi connectivity index (χ1v) is 8.09. The number of aromatic nitrogens is 1. The van der Waals surface area contributed by atoms with Gasteiger partial charge in [0.25, 0.3) is 0 Å². The molecule has 2 rings (SSSR count). The molecule has 20 heavy (non-hydrogen) atoms. The summed E-state index contributed by atoms with van der Waals surface area (Å²) in [6, 6.07) is 3.83. The molecule has 0 saturated carbocycles. The number of carbonyl (C=O) groups excluding carboxylic acids is 1. The molecule has 1 N–H and O–H groups in total. The Balaban J connectivity index is 2.14. The smallest absolute Gasteiger partial charge is 0.210 e. The van der Waals surface area contributed by atoms with E-state index in [9.17, 15) is 9.90 Å². The topological polar surface area (TPSA) is 53.4 Å². The Kier molecular flexibility index (Phi) is 4.40. The summed E-state index contributed by atoms with van der Waals surface area (Å²) < 4.78 is 0. The highest BCUT2D eigenvalue weighted by atomic mass is 32.2. The molecule has 2 unspecified atom stereocenters. The van der Waals surface area contributed by atoms with Gasteiger partial charge in [0, 0.05) is 18.5 Å². The van der Waals surface area contributed by atoms with Crippen LogP contribution in [-0.4, -0.2) is 39.1 Å². The van der Waals surface area contributed by atoms with Crippen LogP contribution in [0.25, 0.3) is 0 Å². The van der Waals surface area contributed by atoms with E-state index in [2.05, 4.69) is 16.3 Å². The lowest BCUT2D eigenvalue weighted by Crippen LogP contribution is -2.33. The van der Waals surface area contributed by atoms with Crippen molar-refractivity contribution in [1.29, 1.82) is 0 Å². The maximum atomic E-state index is 11.3. The quantitative estimate of drug-likeness (QED) is 0.666. The minimum absolute atomic E-state index is 0.0150. The van der Waals surface area contributed by atoms with Gasteiger partial charge in [-0.1, -0.05) is 11.9 Å². The average Bonchev–Trinajstić information content (AvgIpc) is 2.82. The highest BCUT2D eigenvalue weighted by Crippen LogP contribution is 2.25. The van der Waals surface area contributed by atoms with Crippen LogP contribution >= 0.6 is 10.5 Å². The Hall–Kier alpha value is -1.46. The van der Waals surface area contributed by atoms with E-state index in [1.165, 1.54) is 0 Å². The summed E-state index contributed by atoms with van der Waals surface area (Å²) in [5, 5.41) is 12.1. The Labute approximate surface area is 122 Å². The van der Waals surface area contributed by atoms with Gasteiger partial charge in [-0.2, -0.15) is 10.5 Å². The summed E-state index contributed by atoms with van der Waals surface area (Å²) in [5.74, 6) is 4.90. The molecule has 5 heteroatoms. The van der Waals surface area contributed by atoms with Crippen molar-refractivity contribution in [1.82, 2.24) is 9.88 Å². The lowest BCUT2D eigenvalue weighted by Gasteiger charge is -2.24. The summed E-state index contributed by atoms with van der Waals surface area (Å²) in [6.45, 7) is 3.91. The second kappa shape index (κ2) is 5.89. The molecule has 0 saturated heterocycles. The second-order valence-electron chi connectivity index (χ2n) is 5.49. The van der Waals surface area contributed by atoms with E-state index in [-0.39, 0.29) is 16.5 Å². The Morgan fingerprint density at radius 1 is 1.65 bits per heavy atom. The van der Waals surface area contributed by atoms with Crippen LogP contribution in [0.5, 0.6) is 0 Å². The van der Waals surface area contributed by atoms with Gasteiger partial charge < -0.3 is 10.0 Å². The summed E-state index contributed by atoms with van der Waals surface area (Å²) in [7, 11) is 0.0150. The molecular formula is C15H20N2O2S.